The summed E-state index contributed by atoms with van der Waals surface area (Å²) in [4.78, 5) is 34.1. The molecule has 1 aliphatic carbocycles. The fourth-order valence-corrected chi connectivity index (χ4v) is 5.38. The Labute approximate surface area is 214 Å². The predicted octanol–water partition coefficient (Wildman–Crippen LogP) is 4.02. The highest BCUT2D eigenvalue weighted by Gasteiger charge is 2.46. The number of aliphatic hydroxyl groups excluding tert-OH is 1. The van der Waals surface area contributed by atoms with Crippen LogP contribution in [-0.2, 0) is 15.0 Å². The summed E-state index contributed by atoms with van der Waals surface area (Å²) in [5.74, 6) is -0.444. The maximum atomic E-state index is 14.3. The number of β-amino-alcohol motifs (C(OH)–C–C–N with tert-alkyl or cyclic N) is 1. The fraction of sp³-hybridized carbons (Fsp3) is 0.552. The Balaban J connectivity index is 1.78. The highest BCUT2D eigenvalue weighted by molar-refractivity contribution is 6.05. The molecule has 2 aromatic rings. The van der Waals surface area contributed by atoms with Gasteiger partial charge in [0.1, 0.15) is 6.04 Å². The average molecular weight is 493 g/mol. The van der Waals surface area contributed by atoms with Gasteiger partial charge in [-0.3, -0.25) is 19.5 Å². The number of anilines is 1. The van der Waals surface area contributed by atoms with Crippen molar-refractivity contribution in [1.29, 1.82) is 0 Å². The quantitative estimate of drug-likeness (QED) is 0.566. The number of carbonyl (C=O) groups excluding carboxylic acids is 2. The zero-order valence-electron chi connectivity index (χ0n) is 22.0. The highest BCUT2D eigenvalue weighted by Crippen LogP contribution is 2.34. The first-order chi connectivity index (χ1) is 17.1. The van der Waals surface area contributed by atoms with Crippen molar-refractivity contribution in [3.63, 3.8) is 0 Å². The number of nitrogens with zero attached hydrogens (tertiary/aromatic N) is 2. The van der Waals surface area contributed by atoms with Crippen LogP contribution < -0.4 is 15.5 Å². The van der Waals surface area contributed by atoms with Crippen LogP contribution in [0.4, 0.5) is 5.69 Å². The molecular formula is C29H40N4O3. The summed E-state index contributed by atoms with van der Waals surface area (Å²) in [5, 5.41) is 16.7. The summed E-state index contributed by atoms with van der Waals surface area (Å²) in [6, 6.07) is 10.7. The van der Waals surface area contributed by atoms with Crippen LogP contribution >= 0.6 is 0 Å². The van der Waals surface area contributed by atoms with Gasteiger partial charge in [-0.2, -0.15) is 0 Å². The third-order valence-corrected chi connectivity index (χ3v) is 7.53. The number of nitrogens with one attached hydrogen (secondary N) is 2. The van der Waals surface area contributed by atoms with E-state index in [0.717, 1.165) is 31.2 Å². The number of carbonyl (C=O) groups is 2. The van der Waals surface area contributed by atoms with Gasteiger partial charge >= 0.3 is 0 Å². The van der Waals surface area contributed by atoms with Gasteiger partial charge in [-0.05, 0) is 48.9 Å². The zero-order valence-corrected chi connectivity index (χ0v) is 22.0. The Morgan fingerprint density at radius 3 is 2.39 bits per heavy atom. The molecule has 194 valence electrons. The molecule has 36 heavy (non-hydrogen) atoms. The van der Waals surface area contributed by atoms with Crippen LogP contribution in [0.5, 0.6) is 0 Å². The van der Waals surface area contributed by atoms with E-state index in [1.54, 1.807) is 30.3 Å². The molecule has 4 rings (SSSR count). The van der Waals surface area contributed by atoms with Gasteiger partial charge in [0.25, 0.3) is 0 Å². The lowest BCUT2D eigenvalue weighted by atomic mass is 9.87. The molecule has 2 heterocycles. The van der Waals surface area contributed by atoms with Crippen LogP contribution in [0.3, 0.4) is 0 Å². The summed E-state index contributed by atoms with van der Waals surface area (Å²) in [7, 11) is 0. The summed E-state index contributed by atoms with van der Waals surface area (Å²) >= 11 is 0. The minimum atomic E-state index is -0.992. The molecule has 2 aliphatic rings. The Morgan fingerprint density at radius 1 is 1.14 bits per heavy atom. The second kappa shape index (κ2) is 10.7. The lowest BCUT2D eigenvalue weighted by Gasteiger charge is -2.38. The van der Waals surface area contributed by atoms with Crippen molar-refractivity contribution in [2.75, 3.05) is 11.4 Å². The van der Waals surface area contributed by atoms with Crippen molar-refractivity contribution >= 4 is 17.5 Å². The molecule has 0 radical (unpaired) electrons. The monoisotopic (exact) mass is 492 g/mol. The molecule has 2 fully saturated rings. The van der Waals surface area contributed by atoms with E-state index < -0.39 is 17.7 Å². The average Bonchev–Trinajstić information content (AvgIpc) is 3.22. The molecular weight excluding hydrogens is 452 g/mol. The van der Waals surface area contributed by atoms with Gasteiger partial charge in [-0.1, -0.05) is 58.2 Å². The van der Waals surface area contributed by atoms with E-state index in [-0.39, 0.29) is 29.7 Å². The van der Waals surface area contributed by atoms with Crippen LogP contribution in [0.2, 0.25) is 0 Å². The second-order valence-corrected chi connectivity index (χ2v) is 11.6. The molecule has 3 atom stereocenters. The largest absolute Gasteiger partial charge is 0.392 e. The van der Waals surface area contributed by atoms with Gasteiger partial charge in [0.2, 0.25) is 11.8 Å². The Bertz CT molecular complexity index is 1040. The van der Waals surface area contributed by atoms with Crippen molar-refractivity contribution in [2.45, 2.75) is 95.4 Å². The van der Waals surface area contributed by atoms with E-state index in [4.69, 9.17) is 0 Å². The van der Waals surface area contributed by atoms with Crippen LogP contribution in [0.25, 0.3) is 0 Å². The first kappa shape index (κ1) is 26.3. The summed E-state index contributed by atoms with van der Waals surface area (Å²) < 4.78 is 0. The molecule has 1 aliphatic heterocycles. The molecule has 0 bridgehead atoms. The number of aromatic nitrogens is 1. The first-order valence-corrected chi connectivity index (χ1v) is 13.2. The van der Waals surface area contributed by atoms with Gasteiger partial charge < -0.3 is 15.7 Å². The minimum Gasteiger partial charge on any atom is -0.392 e. The smallest absolute Gasteiger partial charge is 0.248 e. The summed E-state index contributed by atoms with van der Waals surface area (Å²) in [5.41, 5.74) is 1.40. The SMILES string of the molecule is CC(C)(C)c1ccc(N(C(=O)[C@@]2(C)C[C@H](O)CN2)C(C(=O)NC2CCCCC2)c2cccnc2)cc1. The molecule has 1 saturated carbocycles. The van der Waals surface area contributed by atoms with Gasteiger partial charge in [0.15, 0.2) is 0 Å². The molecule has 7 nitrogen and oxygen atoms in total. The molecule has 1 aromatic carbocycles. The molecule has 2 amide bonds. The van der Waals surface area contributed by atoms with Crippen molar-refractivity contribution < 1.29 is 14.7 Å². The van der Waals surface area contributed by atoms with Gasteiger partial charge in [0.05, 0.1) is 11.6 Å². The Morgan fingerprint density at radius 2 is 1.83 bits per heavy atom. The van der Waals surface area contributed by atoms with E-state index in [9.17, 15) is 14.7 Å². The normalized spacial score (nSPS) is 23.8. The summed E-state index contributed by atoms with van der Waals surface area (Å²) in [6.45, 7) is 8.58. The van der Waals surface area contributed by atoms with Gasteiger partial charge in [0, 0.05) is 42.7 Å². The molecule has 1 unspecified atom stereocenters. The molecule has 3 N–H and O–H groups in total. The van der Waals surface area contributed by atoms with Crippen molar-refractivity contribution in [3.8, 4) is 0 Å². The Kier molecular flexibility index (Phi) is 7.81. The molecule has 7 heteroatoms. The van der Waals surface area contributed by atoms with E-state index in [2.05, 4.69) is 36.4 Å². The first-order valence-electron chi connectivity index (χ1n) is 13.2. The molecule has 0 spiro atoms. The molecule has 1 aromatic heterocycles. The molecule has 1 saturated heterocycles. The van der Waals surface area contributed by atoms with Crippen LogP contribution in [-0.4, -0.2) is 46.1 Å². The zero-order chi connectivity index (χ0) is 25.9. The van der Waals surface area contributed by atoms with Crippen LogP contribution in [0, 0.1) is 0 Å². The Hall–Kier alpha value is -2.77. The van der Waals surface area contributed by atoms with E-state index in [1.807, 2.05) is 30.3 Å². The number of rotatable bonds is 6. The van der Waals surface area contributed by atoms with Crippen LogP contribution in [0.15, 0.2) is 48.8 Å². The van der Waals surface area contributed by atoms with Crippen LogP contribution in [0.1, 0.15) is 83.4 Å². The fourth-order valence-electron chi connectivity index (χ4n) is 5.38. The highest BCUT2D eigenvalue weighted by atomic mass is 16.3. The van der Waals surface area contributed by atoms with Gasteiger partial charge in [-0.25, -0.2) is 0 Å². The maximum Gasteiger partial charge on any atom is 0.248 e. The minimum absolute atomic E-state index is 0.0441. The number of hydrogen-bond donors (Lipinski definition) is 3. The lowest BCUT2D eigenvalue weighted by Crippen LogP contribution is -2.57. The van der Waals surface area contributed by atoms with Crippen molar-refractivity contribution in [3.05, 3.63) is 59.9 Å². The van der Waals surface area contributed by atoms with E-state index >= 15 is 0 Å². The van der Waals surface area contributed by atoms with Crippen molar-refractivity contribution in [2.24, 2.45) is 0 Å². The maximum absolute atomic E-state index is 14.3. The number of benzene rings is 1. The number of aliphatic hydroxyl groups is 1. The van der Waals surface area contributed by atoms with Crippen molar-refractivity contribution in [1.82, 2.24) is 15.6 Å². The summed E-state index contributed by atoms with van der Waals surface area (Å²) in [6.07, 6.45) is 8.28. The topological polar surface area (TPSA) is 94.6 Å². The third-order valence-electron chi connectivity index (χ3n) is 7.53. The third kappa shape index (κ3) is 5.79. The standard InChI is InChI=1S/C29H40N4O3/c1-28(2,3)21-12-14-23(15-13-21)33(27(36)29(4)17-24(34)19-31-29)25(20-9-8-16-30-18-20)26(35)32-22-10-6-5-7-11-22/h8-9,12-16,18,22,24-25,31,34H,5-7,10-11,17,19H2,1-4H3,(H,32,35)/t24-,25?,29+/m0/s1. The van der Waals surface area contributed by atoms with E-state index in [1.165, 1.54) is 6.42 Å². The van der Waals surface area contributed by atoms with Gasteiger partial charge in [-0.15, -0.1) is 0 Å². The predicted molar refractivity (Wildman–Crippen MR) is 142 cm³/mol. The number of hydrogen-bond acceptors (Lipinski definition) is 5. The lowest BCUT2D eigenvalue weighted by molar-refractivity contribution is -0.129. The number of amides is 2. The van der Waals surface area contributed by atoms with E-state index in [0.29, 0.717) is 17.8 Å². The number of pyridine rings is 1. The second-order valence-electron chi connectivity index (χ2n) is 11.6.